The van der Waals surface area contributed by atoms with Crippen LogP contribution in [0.5, 0.6) is 11.5 Å². The van der Waals surface area contributed by atoms with Gasteiger partial charge in [0.05, 0.1) is 5.56 Å². The first-order valence-electron chi connectivity index (χ1n) is 6.24. The minimum atomic E-state index is -0.359. The minimum Gasteiger partial charge on any atom is -0.454 e. The van der Waals surface area contributed by atoms with Crippen LogP contribution in [0, 0.1) is 0 Å². The van der Waals surface area contributed by atoms with Gasteiger partial charge in [0.25, 0.3) is 0 Å². The van der Waals surface area contributed by atoms with E-state index in [1.54, 1.807) is 6.07 Å². The second-order valence-corrected chi connectivity index (χ2v) is 4.56. The Morgan fingerprint density at radius 2 is 1.65 bits per heavy atom. The molecular weight excluding hydrogens is 256 g/mol. The van der Waals surface area contributed by atoms with Gasteiger partial charge in [-0.05, 0) is 17.7 Å². The van der Waals surface area contributed by atoms with E-state index in [0.717, 1.165) is 10.9 Å². The molecule has 1 aromatic heterocycles. The normalized spacial score (nSPS) is 12.8. The molecule has 4 rings (SSSR count). The van der Waals surface area contributed by atoms with E-state index in [1.165, 1.54) is 0 Å². The van der Waals surface area contributed by atoms with Crippen LogP contribution in [0.4, 0.5) is 0 Å². The van der Waals surface area contributed by atoms with E-state index in [1.807, 2.05) is 42.5 Å². The lowest BCUT2D eigenvalue weighted by molar-refractivity contribution is 0.174. The Kier molecular flexibility index (Phi) is 2.29. The van der Waals surface area contributed by atoms with Crippen LogP contribution >= 0.6 is 0 Å². The lowest BCUT2D eigenvalue weighted by Gasteiger charge is -2.03. The molecule has 0 saturated carbocycles. The molecule has 0 atom stereocenters. The van der Waals surface area contributed by atoms with E-state index >= 15 is 0 Å². The summed E-state index contributed by atoms with van der Waals surface area (Å²) in [6.45, 7) is 0.196. The van der Waals surface area contributed by atoms with Crippen molar-refractivity contribution < 1.29 is 13.9 Å². The van der Waals surface area contributed by atoms with Crippen LogP contribution in [0.25, 0.3) is 22.1 Å². The van der Waals surface area contributed by atoms with Crippen LogP contribution in [-0.4, -0.2) is 6.79 Å². The lowest BCUT2D eigenvalue weighted by atomic mass is 10.1. The predicted octanol–water partition coefficient (Wildman–Crippen LogP) is 3.19. The first-order valence-corrected chi connectivity index (χ1v) is 6.24. The second kappa shape index (κ2) is 4.13. The summed E-state index contributed by atoms with van der Waals surface area (Å²) < 4.78 is 16.0. The molecule has 0 fully saturated rings. The van der Waals surface area contributed by atoms with Crippen LogP contribution in [-0.2, 0) is 0 Å². The molecule has 0 radical (unpaired) electrons. The average molecular weight is 266 g/mol. The minimum absolute atomic E-state index is 0.196. The number of hydrogen-bond donors (Lipinski definition) is 0. The molecule has 2 aromatic carbocycles. The van der Waals surface area contributed by atoms with Crippen molar-refractivity contribution in [3.63, 3.8) is 0 Å². The molecule has 1 aliphatic rings. The van der Waals surface area contributed by atoms with Gasteiger partial charge in [0.2, 0.25) is 6.79 Å². The Morgan fingerprint density at radius 3 is 2.45 bits per heavy atom. The zero-order valence-electron chi connectivity index (χ0n) is 10.5. The Morgan fingerprint density at radius 1 is 0.900 bits per heavy atom. The van der Waals surface area contributed by atoms with Crippen LogP contribution in [0.1, 0.15) is 0 Å². The second-order valence-electron chi connectivity index (χ2n) is 4.56. The summed E-state index contributed by atoms with van der Waals surface area (Å²) in [5.74, 6) is 1.28. The van der Waals surface area contributed by atoms with E-state index in [9.17, 15) is 4.79 Å². The van der Waals surface area contributed by atoms with Gasteiger partial charge in [-0.15, -0.1) is 0 Å². The molecule has 0 spiro atoms. The van der Waals surface area contributed by atoms with Crippen molar-refractivity contribution in [2.45, 2.75) is 0 Å². The fourth-order valence-electron chi connectivity index (χ4n) is 2.33. The van der Waals surface area contributed by atoms with Crippen molar-refractivity contribution in [2.75, 3.05) is 6.79 Å². The van der Waals surface area contributed by atoms with Gasteiger partial charge in [0.1, 0.15) is 5.58 Å². The third-order valence-corrected chi connectivity index (χ3v) is 3.31. The van der Waals surface area contributed by atoms with Crippen molar-refractivity contribution in [1.29, 1.82) is 0 Å². The van der Waals surface area contributed by atoms with E-state index in [0.29, 0.717) is 22.6 Å². The molecule has 0 unspecified atom stereocenters. The quantitative estimate of drug-likeness (QED) is 0.635. The lowest BCUT2D eigenvalue weighted by Crippen LogP contribution is -2.02. The van der Waals surface area contributed by atoms with Crippen LogP contribution in [0.3, 0.4) is 0 Å². The van der Waals surface area contributed by atoms with E-state index in [-0.39, 0.29) is 12.4 Å². The summed E-state index contributed by atoms with van der Waals surface area (Å²) >= 11 is 0. The van der Waals surface area contributed by atoms with Gasteiger partial charge in [-0.25, -0.2) is 4.79 Å². The zero-order chi connectivity index (χ0) is 13.5. The molecule has 0 saturated heterocycles. The number of hydrogen-bond acceptors (Lipinski definition) is 4. The highest BCUT2D eigenvalue weighted by atomic mass is 16.7. The van der Waals surface area contributed by atoms with E-state index in [2.05, 4.69) is 0 Å². The molecule has 0 amide bonds. The maximum Gasteiger partial charge on any atom is 0.344 e. The number of fused-ring (bicyclic) bond motifs is 2. The summed E-state index contributed by atoms with van der Waals surface area (Å²) in [5, 5.41) is 0.813. The summed E-state index contributed by atoms with van der Waals surface area (Å²) in [6.07, 6.45) is 0. The monoisotopic (exact) mass is 266 g/mol. The SMILES string of the molecule is O=c1oc2cc3c(cc2cc1-c1ccccc1)OCO3. The third-order valence-electron chi connectivity index (χ3n) is 3.31. The van der Waals surface area contributed by atoms with Gasteiger partial charge < -0.3 is 13.9 Å². The van der Waals surface area contributed by atoms with Crippen LogP contribution in [0.2, 0.25) is 0 Å². The Labute approximate surface area is 114 Å². The molecule has 0 aliphatic carbocycles. The molecular formula is C16H10O4. The van der Waals surface area contributed by atoms with Gasteiger partial charge in [0.15, 0.2) is 11.5 Å². The largest absolute Gasteiger partial charge is 0.454 e. The van der Waals surface area contributed by atoms with Gasteiger partial charge in [0, 0.05) is 11.5 Å². The first-order chi connectivity index (χ1) is 9.81. The van der Waals surface area contributed by atoms with Gasteiger partial charge in [-0.2, -0.15) is 0 Å². The molecule has 1 aliphatic heterocycles. The number of rotatable bonds is 1. The molecule has 0 N–H and O–H groups in total. The Hall–Kier alpha value is -2.75. The topological polar surface area (TPSA) is 48.7 Å². The molecule has 2 heterocycles. The highest BCUT2D eigenvalue weighted by Crippen LogP contribution is 2.36. The van der Waals surface area contributed by atoms with Crippen molar-refractivity contribution in [3.05, 3.63) is 59.0 Å². The fraction of sp³-hybridized carbons (Fsp3) is 0.0625. The fourth-order valence-corrected chi connectivity index (χ4v) is 2.33. The summed E-state index contributed by atoms with van der Waals surface area (Å²) in [5.41, 5.74) is 1.51. The maximum atomic E-state index is 12.1. The standard InChI is InChI=1S/C16H10O4/c17-16-12(10-4-2-1-3-5-10)6-11-7-14-15(19-9-18-14)8-13(11)20-16/h1-8H,9H2. The molecule has 4 heteroatoms. The van der Waals surface area contributed by atoms with Crippen LogP contribution in [0.15, 0.2) is 57.7 Å². The highest BCUT2D eigenvalue weighted by molar-refractivity contribution is 5.85. The van der Waals surface area contributed by atoms with E-state index in [4.69, 9.17) is 13.9 Å². The summed E-state index contributed by atoms with van der Waals surface area (Å²) in [6, 6.07) is 14.8. The zero-order valence-corrected chi connectivity index (χ0v) is 10.5. The molecule has 98 valence electrons. The van der Waals surface area contributed by atoms with Crippen molar-refractivity contribution in [2.24, 2.45) is 0 Å². The Bertz CT molecular complexity index is 849. The highest BCUT2D eigenvalue weighted by Gasteiger charge is 2.16. The number of ether oxygens (including phenoxy) is 2. The van der Waals surface area contributed by atoms with Gasteiger partial charge in [-0.3, -0.25) is 0 Å². The third kappa shape index (κ3) is 1.66. The molecule has 0 bridgehead atoms. The first kappa shape index (κ1) is 11.1. The van der Waals surface area contributed by atoms with Crippen molar-refractivity contribution in [3.8, 4) is 22.6 Å². The number of benzene rings is 2. The molecule has 3 aromatic rings. The summed E-state index contributed by atoms with van der Waals surface area (Å²) in [4.78, 5) is 12.1. The molecule has 4 nitrogen and oxygen atoms in total. The van der Waals surface area contributed by atoms with Crippen molar-refractivity contribution in [1.82, 2.24) is 0 Å². The van der Waals surface area contributed by atoms with Crippen LogP contribution < -0.4 is 15.1 Å². The smallest absolute Gasteiger partial charge is 0.344 e. The Balaban J connectivity index is 1.98. The van der Waals surface area contributed by atoms with E-state index < -0.39 is 0 Å². The molecule has 20 heavy (non-hydrogen) atoms. The van der Waals surface area contributed by atoms with Gasteiger partial charge >= 0.3 is 5.63 Å². The predicted molar refractivity (Wildman–Crippen MR) is 74.0 cm³/mol. The maximum absolute atomic E-state index is 12.1. The summed E-state index contributed by atoms with van der Waals surface area (Å²) in [7, 11) is 0. The van der Waals surface area contributed by atoms with Crippen molar-refractivity contribution >= 4 is 11.0 Å². The van der Waals surface area contributed by atoms with Gasteiger partial charge in [-0.1, -0.05) is 30.3 Å². The average Bonchev–Trinajstić information content (AvgIpc) is 2.92.